The molecule has 0 amide bonds. The number of hydrogen-bond donors (Lipinski definition) is 2. The summed E-state index contributed by atoms with van der Waals surface area (Å²) in [5.74, 6) is 0. The Balaban J connectivity index is 3.75. The normalized spacial score (nSPS) is 15.2. The van der Waals surface area contributed by atoms with Crippen molar-refractivity contribution in [2.45, 2.75) is 26.9 Å². The lowest BCUT2D eigenvalue weighted by Gasteiger charge is -2.28. The second kappa shape index (κ2) is 4.80. The molecule has 0 bridgehead atoms. The van der Waals surface area contributed by atoms with Gasteiger partial charge < -0.3 is 15.1 Å². The highest BCUT2D eigenvalue weighted by Crippen LogP contribution is 2.14. The highest BCUT2D eigenvalue weighted by molar-refractivity contribution is 4.71. The van der Waals surface area contributed by atoms with Crippen molar-refractivity contribution in [3.05, 3.63) is 0 Å². The van der Waals surface area contributed by atoms with Gasteiger partial charge in [-0.3, -0.25) is 0 Å². The van der Waals surface area contributed by atoms with Gasteiger partial charge in [0, 0.05) is 25.1 Å². The molecular weight excluding hydrogens is 154 g/mol. The largest absolute Gasteiger partial charge is 0.396 e. The van der Waals surface area contributed by atoms with Gasteiger partial charge in [0.2, 0.25) is 0 Å². The summed E-state index contributed by atoms with van der Waals surface area (Å²) >= 11 is 0. The smallest absolute Gasteiger partial charge is 0.0638 e. The van der Waals surface area contributed by atoms with Gasteiger partial charge in [0.15, 0.2) is 0 Å². The molecular formula is C9H21NO2. The van der Waals surface area contributed by atoms with E-state index in [9.17, 15) is 0 Å². The molecule has 0 aromatic heterocycles. The highest BCUT2D eigenvalue weighted by Gasteiger charge is 2.19. The number of nitrogens with zero attached hydrogens (tertiary/aromatic N) is 1. The Morgan fingerprint density at radius 2 is 1.92 bits per heavy atom. The summed E-state index contributed by atoms with van der Waals surface area (Å²) in [7, 11) is 1.95. The summed E-state index contributed by atoms with van der Waals surface area (Å²) in [6.07, 6.45) is -0.301. The molecule has 0 aromatic carbocycles. The van der Waals surface area contributed by atoms with Crippen molar-refractivity contribution in [1.82, 2.24) is 4.90 Å². The first-order chi connectivity index (χ1) is 5.37. The van der Waals surface area contributed by atoms with Crippen molar-refractivity contribution in [1.29, 1.82) is 0 Å². The molecule has 3 heteroatoms. The summed E-state index contributed by atoms with van der Waals surface area (Å²) in [4.78, 5) is 2.03. The Bertz CT molecular complexity index is 124. The molecule has 12 heavy (non-hydrogen) atoms. The first-order valence-electron chi connectivity index (χ1n) is 4.35. The topological polar surface area (TPSA) is 43.7 Å². The second-order valence-corrected chi connectivity index (χ2v) is 4.37. The molecule has 0 aliphatic heterocycles. The fourth-order valence-corrected chi connectivity index (χ4v) is 1.30. The monoisotopic (exact) mass is 175 g/mol. The minimum absolute atomic E-state index is 0.0797. The molecule has 1 unspecified atom stereocenters. The number of rotatable bonds is 5. The Hall–Kier alpha value is -0.120. The molecule has 0 aliphatic rings. The molecule has 2 N–H and O–H groups in total. The third-order valence-corrected chi connectivity index (χ3v) is 1.70. The van der Waals surface area contributed by atoms with E-state index in [0.717, 1.165) is 6.54 Å². The van der Waals surface area contributed by atoms with Crippen LogP contribution in [0.2, 0.25) is 0 Å². The van der Waals surface area contributed by atoms with Crippen molar-refractivity contribution in [3.63, 3.8) is 0 Å². The molecule has 0 spiro atoms. The van der Waals surface area contributed by atoms with Gasteiger partial charge in [-0.15, -0.1) is 0 Å². The minimum Gasteiger partial charge on any atom is -0.396 e. The summed E-state index contributed by atoms with van der Waals surface area (Å²) in [6.45, 7) is 7.41. The fraction of sp³-hybridized carbons (Fsp3) is 1.00. The predicted molar refractivity (Wildman–Crippen MR) is 50.0 cm³/mol. The van der Waals surface area contributed by atoms with E-state index in [-0.39, 0.29) is 18.1 Å². The lowest BCUT2D eigenvalue weighted by molar-refractivity contribution is 0.0839. The van der Waals surface area contributed by atoms with Gasteiger partial charge in [0.1, 0.15) is 0 Å². The molecule has 0 saturated heterocycles. The van der Waals surface area contributed by atoms with E-state index in [0.29, 0.717) is 6.54 Å². The fourth-order valence-electron chi connectivity index (χ4n) is 1.30. The summed E-state index contributed by atoms with van der Waals surface area (Å²) in [5.41, 5.74) is -0.0797. The van der Waals surface area contributed by atoms with Gasteiger partial charge in [0.25, 0.3) is 0 Å². The van der Waals surface area contributed by atoms with E-state index < -0.39 is 0 Å². The van der Waals surface area contributed by atoms with Crippen LogP contribution in [-0.4, -0.2) is 48.0 Å². The molecule has 0 heterocycles. The van der Waals surface area contributed by atoms with Gasteiger partial charge in [-0.25, -0.2) is 0 Å². The van der Waals surface area contributed by atoms with Crippen LogP contribution in [0.5, 0.6) is 0 Å². The van der Waals surface area contributed by atoms with Crippen molar-refractivity contribution >= 4 is 0 Å². The van der Waals surface area contributed by atoms with Crippen LogP contribution in [0.4, 0.5) is 0 Å². The van der Waals surface area contributed by atoms with E-state index in [1.54, 1.807) is 6.92 Å². The van der Waals surface area contributed by atoms with Gasteiger partial charge in [-0.2, -0.15) is 0 Å². The van der Waals surface area contributed by atoms with Crippen LogP contribution in [0.15, 0.2) is 0 Å². The first kappa shape index (κ1) is 11.9. The first-order valence-corrected chi connectivity index (χ1v) is 4.35. The van der Waals surface area contributed by atoms with Crippen LogP contribution < -0.4 is 0 Å². The summed E-state index contributed by atoms with van der Waals surface area (Å²) in [6, 6.07) is 0. The third kappa shape index (κ3) is 5.52. The Labute approximate surface area is 75.0 Å². The van der Waals surface area contributed by atoms with Gasteiger partial charge in [-0.1, -0.05) is 13.8 Å². The van der Waals surface area contributed by atoms with Crippen molar-refractivity contribution < 1.29 is 10.2 Å². The SMILES string of the molecule is CC(O)CN(C)CC(C)(C)CO. The van der Waals surface area contributed by atoms with Gasteiger partial charge >= 0.3 is 0 Å². The summed E-state index contributed by atoms with van der Waals surface area (Å²) in [5, 5.41) is 18.1. The third-order valence-electron chi connectivity index (χ3n) is 1.70. The maximum Gasteiger partial charge on any atom is 0.0638 e. The standard InChI is InChI=1S/C9H21NO2/c1-8(12)5-10(4)6-9(2,3)7-11/h8,11-12H,5-7H2,1-4H3. The molecule has 0 saturated carbocycles. The van der Waals surface area contributed by atoms with E-state index >= 15 is 0 Å². The van der Waals surface area contributed by atoms with E-state index in [4.69, 9.17) is 10.2 Å². The van der Waals surface area contributed by atoms with E-state index in [2.05, 4.69) is 0 Å². The van der Waals surface area contributed by atoms with Crippen LogP contribution in [0.3, 0.4) is 0 Å². The Morgan fingerprint density at radius 3 is 2.25 bits per heavy atom. The number of likely N-dealkylation sites (N-methyl/N-ethyl adjacent to an activating group) is 1. The Morgan fingerprint density at radius 1 is 1.42 bits per heavy atom. The molecule has 0 aromatic rings. The molecule has 3 nitrogen and oxygen atoms in total. The molecule has 1 atom stereocenters. The maximum absolute atomic E-state index is 9.09. The highest BCUT2D eigenvalue weighted by atomic mass is 16.3. The van der Waals surface area contributed by atoms with E-state index in [1.807, 2.05) is 25.8 Å². The molecule has 0 fully saturated rings. The van der Waals surface area contributed by atoms with Gasteiger partial charge in [-0.05, 0) is 14.0 Å². The maximum atomic E-state index is 9.09. The quantitative estimate of drug-likeness (QED) is 0.632. The average Bonchev–Trinajstić information content (AvgIpc) is 1.84. The van der Waals surface area contributed by atoms with Crippen LogP contribution in [0.1, 0.15) is 20.8 Å². The lowest BCUT2D eigenvalue weighted by atomic mass is 9.94. The summed E-state index contributed by atoms with van der Waals surface area (Å²) < 4.78 is 0. The lowest BCUT2D eigenvalue weighted by Crippen LogP contribution is -2.37. The molecule has 0 aliphatic carbocycles. The minimum atomic E-state index is -0.301. The Kier molecular flexibility index (Phi) is 4.75. The zero-order valence-corrected chi connectivity index (χ0v) is 8.54. The van der Waals surface area contributed by atoms with Crippen LogP contribution >= 0.6 is 0 Å². The van der Waals surface area contributed by atoms with Crippen molar-refractivity contribution in [3.8, 4) is 0 Å². The van der Waals surface area contributed by atoms with Crippen LogP contribution in [0.25, 0.3) is 0 Å². The number of aliphatic hydroxyl groups excluding tert-OH is 2. The van der Waals surface area contributed by atoms with Crippen molar-refractivity contribution in [2.75, 3.05) is 26.7 Å². The zero-order chi connectivity index (χ0) is 9.78. The van der Waals surface area contributed by atoms with E-state index in [1.165, 1.54) is 0 Å². The molecule has 0 radical (unpaired) electrons. The number of hydrogen-bond acceptors (Lipinski definition) is 3. The van der Waals surface area contributed by atoms with Crippen molar-refractivity contribution in [2.24, 2.45) is 5.41 Å². The molecule has 74 valence electrons. The predicted octanol–water partition coefficient (Wildman–Crippen LogP) is 0.318. The number of aliphatic hydroxyl groups is 2. The average molecular weight is 175 g/mol. The molecule has 0 rings (SSSR count). The van der Waals surface area contributed by atoms with Crippen LogP contribution in [0, 0.1) is 5.41 Å². The second-order valence-electron chi connectivity index (χ2n) is 4.37. The zero-order valence-electron chi connectivity index (χ0n) is 8.54. The van der Waals surface area contributed by atoms with Crippen LogP contribution in [-0.2, 0) is 0 Å². The van der Waals surface area contributed by atoms with Gasteiger partial charge in [0.05, 0.1) is 6.10 Å².